The van der Waals surface area contributed by atoms with Gasteiger partial charge in [-0.1, -0.05) is 23.2 Å². The van der Waals surface area contributed by atoms with Crippen LogP contribution in [0.15, 0.2) is 36.7 Å². The molecule has 0 spiro atoms. The topological polar surface area (TPSA) is 115 Å². The van der Waals surface area contributed by atoms with Gasteiger partial charge in [-0.05, 0) is 25.1 Å². The van der Waals surface area contributed by atoms with E-state index in [-0.39, 0.29) is 0 Å². The third-order valence-electron chi connectivity index (χ3n) is 4.91. The third-order valence-corrected chi connectivity index (χ3v) is 5.44. The average Bonchev–Trinajstić information content (AvgIpc) is 3.33. The number of H-pyrrole nitrogens is 1. The molecule has 0 aliphatic carbocycles. The van der Waals surface area contributed by atoms with E-state index in [1.807, 2.05) is 19.2 Å². The summed E-state index contributed by atoms with van der Waals surface area (Å²) in [6.45, 7) is 2.27. The molecular formula is C21H21Cl2N6O3+. The van der Waals surface area contributed by atoms with Crippen molar-refractivity contribution in [3.05, 3.63) is 69.5 Å². The maximum Gasteiger partial charge on any atom is 0.179 e. The van der Waals surface area contributed by atoms with Crippen LogP contribution in [0.3, 0.4) is 0 Å². The summed E-state index contributed by atoms with van der Waals surface area (Å²) in [5.74, 6) is 1.72. The first kappa shape index (κ1) is 22.1. The van der Waals surface area contributed by atoms with E-state index in [0.29, 0.717) is 50.8 Å². The number of rotatable bonds is 7. The molecule has 0 saturated carbocycles. The Balaban J connectivity index is 1.71. The Kier molecular flexibility index (Phi) is 6.33. The predicted octanol–water partition coefficient (Wildman–Crippen LogP) is 3.18. The standard InChI is InChI=1S/C21H20Cl2N6O3/c1-11-14(13(8-24-30)12-6-17(31-2)18(32-3)7-15(12)22)9-29(28-11)10-20-25-16-4-5-19(23)26-21(16)27-20/h4-9,24,30H,10H2,1-3H3,(H,25,26,27)/p+1/b13-8-. The highest BCUT2D eigenvalue weighted by atomic mass is 35.5. The number of aromatic amines is 1. The van der Waals surface area contributed by atoms with E-state index < -0.39 is 0 Å². The number of halogens is 2. The van der Waals surface area contributed by atoms with Gasteiger partial charge in [0.1, 0.15) is 17.2 Å². The van der Waals surface area contributed by atoms with Gasteiger partial charge < -0.3 is 14.5 Å². The second-order valence-electron chi connectivity index (χ2n) is 6.93. The van der Waals surface area contributed by atoms with Gasteiger partial charge in [0.2, 0.25) is 0 Å². The molecule has 4 rings (SSSR count). The number of ether oxygens (including phenoxy) is 2. The number of nitrogens with zero attached hydrogens (tertiary/aromatic N) is 4. The van der Waals surface area contributed by atoms with Gasteiger partial charge in [0, 0.05) is 23.4 Å². The minimum atomic E-state index is 0.384. The maximum atomic E-state index is 9.55. The molecule has 3 heterocycles. The lowest BCUT2D eigenvalue weighted by molar-refractivity contribution is -0.837. The monoisotopic (exact) mass is 475 g/mol. The van der Waals surface area contributed by atoms with E-state index in [1.165, 1.54) is 0 Å². The average molecular weight is 476 g/mol. The number of aromatic nitrogens is 5. The number of quaternary nitrogens is 1. The third kappa shape index (κ3) is 4.28. The van der Waals surface area contributed by atoms with Gasteiger partial charge in [0.05, 0.1) is 42.6 Å². The van der Waals surface area contributed by atoms with Crippen LogP contribution < -0.4 is 15.0 Å². The largest absolute Gasteiger partial charge is 0.493 e. The lowest BCUT2D eigenvalue weighted by Gasteiger charge is -2.13. The summed E-state index contributed by atoms with van der Waals surface area (Å²) >= 11 is 12.5. The van der Waals surface area contributed by atoms with Gasteiger partial charge in [0.15, 0.2) is 17.1 Å². The lowest BCUT2D eigenvalue weighted by Crippen LogP contribution is -2.73. The number of hydroxylamine groups is 1. The Morgan fingerprint density at radius 2 is 1.91 bits per heavy atom. The number of benzene rings is 1. The van der Waals surface area contributed by atoms with Crippen molar-refractivity contribution in [2.24, 2.45) is 0 Å². The summed E-state index contributed by atoms with van der Waals surface area (Å²) in [5.41, 5.74) is 5.20. The molecule has 0 aliphatic heterocycles. The van der Waals surface area contributed by atoms with E-state index in [2.05, 4.69) is 20.1 Å². The number of hydrogen-bond donors (Lipinski definition) is 3. The fourth-order valence-corrected chi connectivity index (χ4v) is 3.87. The van der Waals surface area contributed by atoms with Crippen LogP contribution in [0.4, 0.5) is 0 Å². The molecule has 0 fully saturated rings. The molecule has 166 valence electrons. The highest BCUT2D eigenvalue weighted by Crippen LogP contribution is 2.38. The molecule has 0 aliphatic rings. The summed E-state index contributed by atoms with van der Waals surface area (Å²) in [4.78, 5) is 11.9. The minimum Gasteiger partial charge on any atom is -0.493 e. The first-order valence-electron chi connectivity index (χ1n) is 9.58. The van der Waals surface area contributed by atoms with Gasteiger partial charge in [0.25, 0.3) is 0 Å². The number of hydrogen-bond acceptors (Lipinski definition) is 6. The number of nitrogens with one attached hydrogen (secondary N) is 1. The zero-order valence-corrected chi connectivity index (χ0v) is 19.1. The van der Waals surface area contributed by atoms with Gasteiger partial charge in [-0.2, -0.15) is 10.6 Å². The van der Waals surface area contributed by atoms with Crippen molar-refractivity contribution in [2.75, 3.05) is 14.2 Å². The van der Waals surface area contributed by atoms with Crippen LogP contribution in [0.5, 0.6) is 11.5 Å². The minimum absolute atomic E-state index is 0.384. The van der Waals surface area contributed by atoms with Crippen molar-refractivity contribution in [3.8, 4) is 11.5 Å². The fraction of sp³-hybridized carbons (Fsp3) is 0.190. The van der Waals surface area contributed by atoms with Crippen molar-refractivity contribution in [2.45, 2.75) is 13.5 Å². The Labute approximate surface area is 193 Å². The highest BCUT2D eigenvalue weighted by Gasteiger charge is 2.20. The fourth-order valence-electron chi connectivity index (χ4n) is 3.47. The molecule has 0 atom stereocenters. The van der Waals surface area contributed by atoms with E-state index in [0.717, 1.165) is 22.3 Å². The highest BCUT2D eigenvalue weighted by molar-refractivity contribution is 6.32. The van der Waals surface area contributed by atoms with Crippen LogP contribution >= 0.6 is 23.2 Å². The molecule has 32 heavy (non-hydrogen) atoms. The van der Waals surface area contributed by atoms with Crippen LogP contribution in [0, 0.1) is 6.92 Å². The van der Waals surface area contributed by atoms with Crippen LogP contribution in [0.25, 0.3) is 16.7 Å². The molecule has 0 radical (unpaired) electrons. The van der Waals surface area contributed by atoms with E-state index in [4.69, 9.17) is 32.7 Å². The molecule has 3 aromatic heterocycles. The van der Waals surface area contributed by atoms with Crippen molar-refractivity contribution in [1.29, 1.82) is 0 Å². The summed E-state index contributed by atoms with van der Waals surface area (Å²) in [6, 6.07) is 6.98. The molecular weight excluding hydrogens is 455 g/mol. The molecule has 4 aromatic rings. The van der Waals surface area contributed by atoms with Crippen LogP contribution in [-0.4, -0.2) is 44.2 Å². The molecule has 0 saturated heterocycles. The lowest BCUT2D eigenvalue weighted by atomic mass is 9.99. The Bertz CT molecular complexity index is 1310. The summed E-state index contributed by atoms with van der Waals surface area (Å²) in [7, 11) is 3.09. The molecule has 4 N–H and O–H groups in total. The van der Waals surface area contributed by atoms with E-state index >= 15 is 0 Å². The van der Waals surface area contributed by atoms with Gasteiger partial charge in [-0.25, -0.2) is 15.2 Å². The number of nitrogens with two attached hydrogens (primary N) is 1. The Morgan fingerprint density at radius 3 is 2.62 bits per heavy atom. The molecule has 0 amide bonds. The van der Waals surface area contributed by atoms with Gasteiger partial charge in [-0.3, -0.25) is 4.68 Å². The number of aryl methyl sites for hydroxylation is 1. The molecule has 11 heteroatoms. The first-order chi connectivity index (χ1) is 15.4. The predicted molar refractivity (Wildman–Crippen MR) is 120 cm³/mol. The summed E-state index contributed by atoms with van der Waals surface area (Å²) in [5, 5.41) is 15.0. The number of pyridine rings is 1. The Hall–Kier alpha value is -3.11. The zero-order valence-electron chi connectivity index (χ0n) is 17.6. The van der Waals surface area contributed by atoms with Gasteiger partial charge >= 0.3 is 0 Å². The normalized spacial score (nSPS) is 11.9. The zero-order chi connectivity index (χ0) is 22.8. The second-order valence-corrected chi connectivity index (χ2v) is 7.73. The number of fused-ring (bicyclic) bond motifs is 1. The SMILES string of the molecule is COc1cc(Cl)c(/C(=C/[NH2+]O)c2cn(Cc3nc4nc(Cl)ccc4[nH]3)nc2C)cc1OC. The van der Waals surface area contributed by atoms with Crippen molar-refractivity contribution in [3.63, 3.8) is 0 Å². The maximum absolute atomic E-state index is 9.55. The second kappa shape index (κ2) is 9.17. The van der Waals surface area contributed by atoms with E-state index in [1.54, 1.807) is 43.3 Å². The number of imidazole rings is 1. The number of methoxy groups -OCH3 is 2. The van der Waals surface area contributed by atoms with Crippen molar-refractivity contribution >= 4 is 39.9 Å². The van der Waals surface area contributed by atoms with Gasteiger partial charge in [-0.15, -0.1) is 0 Å². The smallest absolute Gasteiger partial charge is 0.179 e. The Morgan fingerprint density at radius 1 is 1.16 bits per heavy atom. The molecule has 0 unspecified atom stereocenters. The molecule has 9 nitrogen and oxygen atoms in total. The quantitative estimate of drug-likeness (QED) is 0.279. The first-order valence-corrected chi connectivity index (χ1v) is 10.3. The summed E-state index contributed by atoms with van der Waals surface area (Å²) in [6.07, 6.45) is 3.43. The molecule has 0 bridgehead atoms. The van der Waals surface area contributed by atoms with Crippen LogP contribution in [0.2, 0.25) is 10.2 Å². The molecule has 1 aromatic carbocycles. The van der Waals surface area contributed by atoms with Crippen molar-refractivity contribution < 1.29 is 20.2 Å². The van der Waals surface area contributed by atoms with Crippen molar-refractivity contribution in [1.82, 2.24) is 24.7 Å². The van der Waals surface area contributed by atoms with E-state index in [9.17, 15) is 5.21 Å². The van der Waals surface area contributed by atoms with Crippen LogP contribution in [-0.2, 0) is 6.54 Å². The van der Waals surface area contributed by atoms with Crippen LogP contribution in [0.1, 0.15) is 22.6 Å². The summed E-state index contributed by atoms with van der Waals surface area (Å²) < 4.78 is 12.5.